The number of hydrogen-bond donors (Lipinski definition) is 0. The van der Waals surface area contributed by atoms with E-state index in [1.165, 1.54) is 23.7 Å². The van der Waals surface area contributed by atoms with Gasteiger partial charge in [-0.05, 0) is 43.4 Å². The molecule has 1 aromatic heterocycles. The maximum Gasteiger partial charge on any atom is 0.233 e. The number of methoxy groups -OCH3 is 1. The van der Waals surface area contributed by atoms with Crippen LogP contribution in [-0.2, 0) is 17.8 Å². The van der Waals surface area contributed by atoms with E-state index < -0.39 is 0 Å². The molecule has 31 heavy (non-hydrogen) atoms. The van der Waals surface area contributed by atoms with Crippen LogP contribution >= 0.6 is 11.8 Å². The molecule has 0 atom stereocenters. The minimum Gasteiger partial charge on any atom is -0.496 e. The summed E-state index contributed by atoms with van der Waals surface area (Å²) >= 11 is 1.47. The summed E-state index contributed by atoms with van der Waals surface area (Å²) in [7, 11) is 1.66. The zero-order valence-electron chi connectivity index (χ0n) is 17.9. The van der Waals surface area contributed by atoms with Crippen molar-refractivity contribution in [3.8, 4) is 17.1 Å². The van der Waals surface area contributed by atoms with Crippen LogP contribution in [0.2, 0.25) is 0 Å². The Bertz CT molecular complexity index is 1000. The molecule has 1 saturated heterocycles. The quantitative estimate of drug-likeness (QED) is 0.493. The molecule has 0 spiro atoms. The molecule has 0 saturated carbocycles. The van der Waals surface area contributed by atoms with Gasteiger partial charge in [-0.15, -0.1) is 10.2 Å². The molecule has 0 N–H and O–H groups in total. The molecule has 1 aliphatic rings. The topological polar surface area (TPSA) is 60.3 Å². The Morgan fingerprint density at radius 3 is 2.52 bits per heavy atom. The van der Waals surface area contributed by atoms with Crippen molar-refractivity contribution in [3.05, 3.63) is 60.2 Å². The number of carbonyl (C=O) groups is 1. The van der Waals surface area contributed by atoms with Crippen LogP contribution in [0.15, 0.2) is 59.8 Å². The van der Waals surface area contributed by atoms with Crippen molar-refractivity contribution in [1.29, 1.82) is 0 Å². The first-order valence-electron chi connectivity index (χ1n) is 10.8. The van der Waals surface area contributed by atoms with E-state index in [0.717, 1.165) is 61.2 Å². The Kier molecular flexibility index (Phi) is 7.25. The first kappa shape index (κ1) is 21.4. The number of para-hydroxylation sites is 1. The molecule has 0 unspecified atom stereocenters. The standard InChI is InChI=1S/C24H28N4O2S/c1-30-21-13-7-6-12-20(21)23-25-26-24(28(23)17-14-19-10-4-2-5-11-19)31-18-22(29)27-15-8-3-9-16-27/h2,4-7,10-13H,3,8-9,14-18H2,1H3. The molecule has 1 amide bonds. The van der Waals surface area contributed by atoms with Gasteiger partial charge in [0.1, 0.15) is 5.75 Å². The SMILES string of the molecule is COc1ccccc1-c1nnc(SCC(=O)N2CCCCC2)n1CCc1ccccc1. The number of benzene rings is 2. The molecular weight excluding hydrogens is 408 g/mol. The lowest BCUT2D eigenvalue weighted by Gasteiger charge is -2.26. The minimum atomic E-state index is 0.182. The van der Waals surface area contributed by atoms with E-state index in [9.17, 15) is 4.79 Å². The minimum absolute atomic E-state index is 0.182. The molecule has 1 aliphatic heterocycles. The Hall–Kier alpha value is -2.80. The van der Waals surface area contributed by atoms with Crippen molar-refractivity contribution in [2.75, 3.05) is 26.0 Å². The molecule has 2 heterocycles. The average molecular weight is 437 g/mol. The number of likely N-dealkylation sites (tertiary alicyclic amines) is 1. The lowest BCUT2D eigenvalue weighted by molar-refractivity contribution is -0.129. The fourth-order valence-electron chi connectivity index (χ4n) is 3.87. The van der Waals surface area contributed by atoms with Crippen LogP contribution in [-0.4, -0.2) is 51.5 Å². The fraction of sp³-hybridized carbons (Fsp3) is 0.375. The zero-order valence-corrected chi connectivity index (χ0v) is 18.7. The van der Waals surface area contributed by atoms with Crippen LogP contribution in [0.25, 0.3) is 11.4 Å². The second-order valence-corrected chi connectivity index (χ2v) is 8.57. The molecular formula is C24H28N4O2S. The number of nitrogens with zero attached hydrogens (tertiary/aromatic N) is 4. The summed E-state index contributed by atoms with van der Waals surface area (Å²) in [6.07, 6.45) is 4.27. The van der Waals surface area contributed by atoms with Gasteiger partial charge in [-0.3, -0.25) is 4.79 Å². The zero-order chi connectivity index (χ0) is 21.5. The van der Waals surface area contributed by atoms with Gasteiger partial charge in [0.05, 0.1) is 18.4 Å². The lowest BCUT2D eigenvalue weighted by Crippen LogP contribution is -2.36. The number of thioether (sulfide) groups is 1. The van der Waals surface area contributed by atoms with Crippen LogP contribution < -0.4 is 4.74 Å². The number of rotatable bonds is 8. The van der Waals surface area contributed by atoms with E-state index >= 15 is 0 Å². The van der Waals surface area contributed by atoms with Gasteiger partial charge in [-0.2, -0.15) is 0 Å². The molecule has 4 rings (SSSR count). The van der Waals surface area contributed by atoms with Gasteiger partial charge in [0.25, 0.3) is 0 Å². The van der Waals surface area contributed by atoms with Crippen molar-refractivity contribution in [2.45, 2.75) is 37.4 Å². The van der Waals surface area contributed by atoms with Gasteiger partial charge < -0.3 is 14.2 Å². The van der Waals surface area contributed by atoms with Crippen molar-refractivity contribution in [1.82, 2.24) is 19.7 Å². The number of piperidine rings is 1. The first-order valence-corrected chi connectivity index (χ1v) is 11.8. The molecule has 7 heteroatoms. The monoisotopic (exact) mass is 436 g/mol. The molecule has 0 aliphatic carbocycles. The predicted octanol–water partition coefficient (Wildman–Crippen LogP) is 4.30. The summed E-state index contributed by atoms with van der Waals surface area (Å²) in [5.74, 6) is 2.09. The molecule has 6 nitrogen and oxygen atoms in total. The van der Waals surface area contributed by atoms with E-state index in [-0.39, 0.29) is 5.91 Å². The highest BCUT2D eigenvalue weighted by Crippen LogP contribution is 2.31. The van der Waals surface area contributed by atoms with E-state index in [2.05, 4.69) is 39.0 Å². The summed E-state index contributed by atoms with van der Waals surface area (Å²) in [5.41, 5.74) is 2.15. The van der Waals surface area contributed by atoms with Crippen LogP contribution in [0.4, 0.5) is 0 Å². The highest BCUT2D eigenvalue weighted by Gasteiger charge is 2.21. The van der Waals surface area contributed by atoms with Gasteiger partial charge in [0.2, 0.25) is 5.91 Å². The third kappa shape index (κ3) is 5.28. The first-order chi connectivity index (χ1) is 15.3. The summed E-state index contributed by atoms with van der Waals surface area (Å²) < 4.78 is 7.67. The highest BCUT2D eigenvalue weighted by molar-refractivity contribution is 7.99. The lowest BCUT2D eigenvalue weighted by atomic mass is 10.1. The second kappa shape index (κ2) is 10.5. The Morgan fingerprint density at radius 2 is 1.74 bits per heavy atom. The second-order valence-electron chi connectivity index (χ2n) is 7.62. The molecule has 0 radical (unpaired) electrons. The van der Waals surface area contributed by atoms with E-state index in [1.54, 1.807) is 7.11 Å². The molecule has 0 bridgehead atoms. The normalized spacial score (nSPS) is 13.9. The molecule has 162 valence electrons. The average Bonchev–Trinajstić information content (AvgIpc) is 3.24. The van der Waals surface area contributed by atoms with Gasteiger partial charge in [0, 0.05) is 19.6 Å². The van der Waals surface area contributed by atoms with Gasteiger partial charge in [0.15, 0.2) is 11.0 Å². The Labute approximate surface area is 187 Å². The maximum atomic E-state index is 12.7. The maximum absolute atomic E-state index is 12.7. The van der Waals surface area contributed by atoms with Gasteiger partial charge in [-0.25, -0.2) is 0 Å². The third-order valence-electron chi connectivity index (χ3n) is 5.57. The van der Waals surface area contributed by atoms with E-state index in [1.807, 2.05) is 35.2 Å². The van der Waals surface area contributed by atoms with Crippen LogP contribution in [0, 0.1) is 0 Å². The smallest absolute Gasteiger partial charge is 0.233 e. The van der Waals surface area contributed by atoms with Crippen LogP contribution in [0.1, 0.15) is 24.8 Å². The summed E-state index contributed by atoms with van der Waals surface area (Å²) in [5, 5.41) is 9.70. The Balaban J connectivity index is 1.56. The number of amides is 1. The summed E-state index contributed by atoms with van der Waals surface area (Å²) in [6.45, 7) is 2.46. The Morgan fingerprint density at radius 1 is 1.00 bits per heavy atom. The number of hydrogen-bond acceptors (Lipinski definition) is 5. The summed E-state index contributed by atoms with van der Waals surface area (Å²) in [6, 6.07) is 18.2. The number of aromatic nitrogens is 3. The van der Waals surface area contributed by atoms with Gasteiger partial charge >= 0.3 is 0 Å². The third-order valence-corrected chi connectivity index (χ3v) is 6.52. The van der Waals surface area contributed by atoms with Crippen LogP contribution in [0.3, 0.4) is 0 Å². The van der Waals surface area contributed by atoms with E-state index in [4.69, 9.17) is 4.74 Å². The van der Waals surface area contributed by atoms with Crippen molar-refractivity contribution >= 4 is 17.7 Å². The van der Waals surface area contributed by atoms with Crippen molar-refractivity contribution in [3.63, 3.8) is 0 Å². The van der Waals surface area contributed by atoms with Crippen LogP contribution in [0.5, 0.6) is 5.75 Å². The highest BCUT2D eigenvalue weighted by atomic mass is 32.2. The summed E-state index contributed by atoms with van der Waals surface area (Å²) in [4.78, 5) is 14.6. The van der Waals surface area contributed by atoms with E-state index in [0.29, 0.717) is 5.75 Å². The molecule has 2 aromatic carbocycles. The largest absolute Gasteiger partial charge is 0.496 e. The van der Waals surface area contributed by atoms with Crippen molar-refractivity contribution in [2.24, 2.45) is 0 Å². The molecule has 1 fully saturated rings. The number of carbonyl (C=O) groups excluding carboxylic acids is 1. The number of aryl methyl sites for hydroxylation is 1. The fourth-order valence-corrected chi connectivity index (χ4v) is 4.74. The van der Waals surface area contributed by atoms with Gasteiger partial charge in [-0.1, -0.05) is 54.2 Å². The van der Waals surface area contributed by atoms with Crippen molar-refractivity contribution < 1.29 is 9.53 Å². The number of ether oxygens (including phenoxy) is 1. The molecule has 3 aromatic rings. The predicted molar refractivity (Wildman–Crippen MR) is 123 cm³/mol.